The van der Waals surface area contributed by atoms with Crippen molar-refractivity contribution in [1.82, 2.24) is 9.55 Å². The first-order chi connectivity index (χ1) is 19.0. The SMILES string of the molecule is Cc1ccc(Cl)cc1N1C(=O)c2nc(-c3ccccc3OC(C)C)n(C(C)C)c2[C@@]12C(=O)Nc1cc(Cl)ccc12. The molecule has 0 bridgehead atoms. The fourth-order valence-corrected chi connectivity index (χ4v) is 6.17. The van der Waals surface area contributed by atoms with Gasteiger partial charge in [0, 0.05) is 27.3 Å². The maximum absolute atomic E-state index is 14.5. The predicted molar refractivity (Wildman–Crippen MR) is 158 cm³/mol. The Hall–Kier alpha value is -3.81. The standard InChI is InChI=1S/C31H28Cl2N4O3/c1-16(2)36-27-26(35-28(36)21-8-6-7-9-25(21)40-17(3)4)29(38)37(24-15-20(33)11-10-18(24)5)31(27)22-13-12-19(32)14-23(22)34-30(31)39/h6-17H,1-5H3,(H,34,39)/t31-/m0/s1. The number of carbonyl (C=O) groups excluding carboxylic acids is 2. The van der Waals surface area contributed by atoms with Gasteiger partial charge < -0.3 is 14.6 Å². The first-order valence-corrected chi connectivity index (χ1v) is 13.9. The molecule has 2 amide bonds. The summed E-state index contributed by atoms with van der Waals surface area (Å²) in [4.78, 5) is 35.3. The van der Waals surface area contributed by atoms with Crippen molar-refractivity contribution in [3.8, 4) is 17.1 Å². The molecule has 1 spiro atoms. The Kier molecular flexibility index (Phi) is 6.20. The number of ether oxygens (including phenoxy) is 1. The maximum atomic E-state index is 14.5. The molecule has 1 atom stereocenters. The van der Waals surface area contributed by atoms with Gasteiger partial charge in [-0.25, -0.2) is 4.98 Å². The van der Waals surface area contributed by atoms with E-state index in [1.165, 1.54) is 0 Å². The predicted octanol–water partition coefficient (Wildman–Crippen LogP) is 7.39. The van der Waals surface area contributed by atoms with Gasteiger partial charge in [0.1, 0.15) is 11.6 Å². The quantitative estimate of drug-likeness (QED) is 0.269. The zero-order valence-corrected chi connectivity index (χ0v) is 24.3. The molecule has 0 aliphatic carbocycles. The third-order valence-electron chi connectivity index (χ3n) is 7.36. The first-order valence-electron chi connectivity index (χ1n) is 13.2. The molecule has 2 aliphatic rings. The van der Waals surface area contributed by atoms with Crippen LogP contribution >= 0.6 is 23.2 Å². The lowest BCUT2D eigenvalue weighted by atomic mass is 9.86. The van der Waals surface area contributed by atoms with Crippen molar-refractivity contribution in [1.29, 1.82) is 0 Å². The number of imidazole rings is 1. The molecule has 3 heterocycles. The Morgan fingerprint density at radius 1 is 0.950 bits per heavy atom. The average molecular weight is 575 g/mol. The minimum absolute atomic E-state index is 0.0676. The number of para-hydroxylation sites is 1. The Labute approximate surface area is 242 Å². The number of rotatable bonds is 5. The number of aryl methyl sites for hydroxylation is 1. The number of halogens is 2. The second-order valence-electron chi connectivity index (χ2n) is 10.7. The molecule has 3 aromatic carbocycles. The number of nitrogens with zero attached hydrogens (tertiary/aromatic N) is 3. The minimum atomic E-state index is -1.54. The highest BCUT2D eigenvalue weighted by atomic mass is 35.5. The fourth-order valence-electron chi connectivity index (χ4n) is 5.83. The van der Waals surface area contributed by atoms with E-state index in [9.17, 15) is 9.59 Å². The molecule has 0 saturated carbocycles. The summed E-state index contributed by atoms with van der Waals surface area (Å²) in [5, 5.41) is 3.93. The van der Waals surface area contributed by atoms with E-state index in [1.807, 2.05) is 69.5 Å². The summed E-state index contributed by atoms with van der Waals surface area (Å²) in [5.41, 5.74) is 2.41. The molecular weight excluding hydrogens is 547 g/mol. The first kappa shape index (κ1) is 26.4. The largest absolute Gasteiger partial charge is 0.490 e. The lowest BCUT2D eigenvalue weighted by Crippen LogP contribution is -2.51. The second-order valence-corrected chi connectivity index (χ2v) is 11.6. The summed E-state index contributed by atoms with van der Waals surface area (Å²) in [6.45, 7) is 9.83. The summed E-state index contributed by atoms with van der Waals surface area (Å²) in [6, 6.07) is 18.0. The van der Waals surface area contributed by atoms with Crippen molar-refractivity contribution in [2.45, 2.75) is 52.3 Å². The molecule has 204 valence electrons. The van der Waals surface area contributed by atoms with E-state index in [2.05, 4.69) is 5.32 Å². The van der Waals surface area contributed by atoms with E-state index < -0.39 is 5.54 Å². The maximum Gasteiger partial charge on any atom is 0.280 e. The van der Waals surface area contributed by atoms with E-state index in [4.69, 9.17) is 32.9 Å². The Balaban J connectivity index is 1.72. The number of nitrogens with one attached hydrogen (secondary N) is 1. The van der Waals surface area contributed by atoms with Crippen molar-refractivity contribution >= 4 is 46.4 Å². The van der Waals surface area contributed by atoms with Crippen molar-refractivity contribution in [3.05, 3.63) is 93.2 Å². The van der Waals surface area contributed by atoms with E-state index in [0.717, 1.165) is 11.1 Å². The summed E-state index contributed by atoms with van der Waals surface area (Å²) in [6.07, 6.45) is -0.0676. The van der Waals surface area contributed by atoms with Crippen LogP contribution in [0.1, 0.15) is 61.0 Å². The molecule has 0 radical (unpaired) electrons. The van der Waals surface area contributed by atoms with Gasteiger partial charge in [-0.1, -0.05) is 47.5 Å². The van der Waals surface area contributed by atoms with Crippen LogP contribution in [0.15, 0.2) is 60.7 Å². The molecule has 1 N–H and O–H groups in total. The topological polar surface area (TPSA) is 76.5 Å². The molecule has 1 aromatic heterocycles. The molecule has 0 saturated heterocycles. The number of hydrogen-bond acceptors (Lipinski definition) is 4. The summed E-state index contributed by atoms with van der Waals surface area (Å²) >= 11 is 12.8. The Bertz CT molecular complexity index is 1710. The highest BCUT2D eigenvalue weighted by molar-refractivity contribution is 6.32. The van der Waals surface area contributed by atoms with E-state index in [-0.39, 0.29) is 29.7 Å². The number of anilines is 2. The number of benzene rings is 3. The van der Waals surface area contributed by atoms with Crippen LogP contribution in [0.2, 0.25) is 10.0 Å². The van der Waals surface area contributed by atoms with Gasteiger partial charge in [0.15, 0.2) is 11.2 Å². The monoisotopic (exact) mass is 574 g/mol. The number of carbonyl (C=O) groups is 2. The molecular formula is C31H28Cl2N4O3. The number of hydrogen-bond donors (Lipinski definition) is 1. The number of amides is 2. The van der Waals surface area contributed by atoms with Gasteiger partial charge >= 0.3 is 0 Å². The molecule has 2 aliphatic heterocycles. The minimum Gasteiger partial charge on any atom is -0.490 e. The van der Waals surface area contributed by atoms with Crippen LogP contribution in [0.5, 0.6) is 5.75 Å². The third-order valence-corrected chi connectivity index (χ3v) is 7.83. The van der Waals surface area contributed by atoms with Gasteiger partial charge in [-0.2, -0.15) is 0 Å². The van der Waals surface area contributed by atoms with Crippen LogP contribution < -0.4 is 15.0 Å². The Morgan fingerprint density at radius 3 is 2.38 bits per heavy atom. The van der Waals surface area contributed by atoms with Crippen molar-refractivity contribution in [2.75, 3.05) is 10.2 Å². The smallest absolute Gasteiger partial charge is 0.280 e. The highest BCUT2D eigenvalue weighted by Crippen LogP contribution is 2.55. The fraction of sp³-hybridized carbons (Fsp3) is 0.258. The average Bonchev–Trinajstić information content (AvgIpc) is 3.49. The second kappa shape index (κ2) is 9.39. The van der Waals surface area contributed by atoms with Crippen molar-refractivity contribution < 1.29 is 14.3 Å². The molecule has 0 unspecified atom stereocenters. The van der Waals surface area contributed by atoms with Crippen LogP contribution in [0, 0.1) is 6.92 Å². The van der Waals surface area contributed by atoms with Gasteiger partial charge in [0.25, 0.3) is 11.8 Å². The van der Waals surface area contributed by atoms with Crippen LogP contribution in [-0.4, -0.2) is 27.5 Å². The number of aromatic nitrogens is 2. The molecule has 40 heavy (non-hydrogen) atoms. The zero-order valence-electron chi connectivity index (χ0n) is 22.8. The van der Waals surface area contributed by atoms with Crippen LogP contribution in [0.25, 0.3) is 11.4 Å². The summed E-state index contributed by atoms with van der Waals surface area (Å²) in [7, 11) is 0. The number of fused-ring (bicyclic) bond motifs is 4. The van der Waals surface area contributed by atoms with Gasteiger partial charge in [-0.05, 0) is 76.6 Å². The van der Waals surface area contributed by atoms with Gasteiger partial charge in [-0.3, -0.25) is 14.5 Å². The molecule has 4 aromatic rings. The Morgan fingerprint density at radius 2 is 1.65 bits per heavy atom. The van der Waals surface area contributed by atoms with Gasteiger partial charge in [0.05, 0.1) is 23.0 Å². The van der Waals surface area contributed by atoms with Gasteiger partial charge in [0.2, 0.25) is 0 Å². The van der Waals surface area contributed by atoms with E-state index in [1.54, 1.807) is 35.2 Å². The van der Waals surface area contributed by atoms with E-state index >= 15 is 0 Å². The van der Waals surface area contributed by atoms with Crippen LogP contribution in [0.3, 0.4) is 0 Å². The zero-order chi connectivity index (χ0) is 28.5. The molecule has 0 fully saturated rings. The van der Waals surface area contributed by atoms with Crippen molar-refractivity contribution in [3.63, 3.8) is 0 Å². The van der Waals surface area contributed by atoms with Crippen molar-refractivity contribution in [2.24, 2.45) is 0 Å². The van der Waals surface area contributed by atoms with Crippen LogP contribution in [0.4, 0.5) is 11.4 Å². The van der Waals surface area contributed by atoms with E-state index in [0.29, 0.717) is 44.3 Å². The molecule has 9 heteroatoms. The third kappa shape index (κ3) is 3.68. The molecule has 6 rings (SSSR count). The summed E-state index contributed by atoms with van der Waals surface area (Å²) in [5.74, 6) is 0.453. The van der Waals surface area contributed by atoms with Crippen LogP contribution in [-0.2, 0) is 10.3 Å². The van der Waals surface area contributed by atoms with Gasteiger partial charge in [-0.15, -0.1) is 0 Å². The highest BCUT2D eigenvalue weighted by Gasteiger charge is 2.64. The lowest BCUT2D eigenvalue weighted by molar-refractivity contribution is -0.119. The summed E-state index contributed by atoms with van der Waals surface area (Å²) < 4.78 is 8.12. The normalized spacial score (nSPS) is 17.7. The molecule has 7 nitrogen and oxygen atoms in total. The lowest BCUT2D eigenvalue weighted by Gasteiger charge is -2.36.